The first kappa shape index (κ1) is 24.8. The Morgan fingerprint density at radius 3 is 1.32 bits per heavy atom. The number of aliphatic hydroxyl groups is 2. The number of hydrogen-bond acceptors (Lipinski definition) is 5. The van der Waals surface area contributed by atoms with Crippen LogP contribution in [0.15, 0.2) is 0 Å². The van der Waals surface area contributed by atoms with Crippen molar-refractivity contribution in [1.29, 1.82) is 0 Å². The van der Waals surface area contributed by atoms with Gasteiger partial charge in [0.05, 0.1) is 23.7 Å². The summed E-state index contributed by atoms with van der Waals surface area (Å²) >= 11 is 0. The van der Waals surface area contributed by atoms with Crippen molar-refractivity contribution in [2.75, 3.05) is 0 Å². The van der Waals surface area contributed by atoms with E-state index in [-0.39, 0.29) is 18.3 Å². The van der Waals surface area contributed by atoms with Gasteiger partial charge >= 0.3 is 0 Å². The van der Waals surface area contributed by atoms with Crippen molar-refractivity contribution in [3.05, 3.63) is 0 Å². The van der Waals surface area contributed by atoms with Gasteiger partial charge in [-0.25, -0.2) is 0 Å². The topological polar surface area (TPSA) is 68.2 Å². The van der Waals surface area contributed by atoms with Gasteiger partial charge in [0, 0.05) is 6.42 Å². The molecule has 0 aromatic rings. The third-order valence-corrected chi connectivity index (χ3v) is 5.01. The molecule has 0 aliphatic carbocycles. The molecule has 0 bridgehead atoms. The summed E-state index contributed by atoms with van der Waals surface area (Å²) in [6.07, 6.45) is 1.01. The number of hydrogen-bond donors (Lipinski definition) is 2. The summed E-state index contributed by atoms with van der Waals surface area (Å²) in [6.45, 7) is 20.6. The van der Waals surface area contributed by atoms with Crippen LogP contribution in [0.2, 0.25) is 0 Å². The molecule has 1 atom stereocenters. The maximum Gasteiger partial charge on any atom is 0.198 e. The van der Waals surface area contributed by atoms with E-state index in [0.717, 1.165) is 6.42 Å². The van der Waals surface area contributed by atoms with Crippen LogP contribution in [0.4, 0.5) is 0 Å². The second-order valence-electron chi connectivity index (χ2n) is 8.68. The van der Waals surface area contributed by atoms with E-state index in [9.17, 15) is 10.2 Å². The molecule has 0 aliphatic heterocycles. The van der Waals surface area contributed by atoms with Crippen molar-refractivity contribution in [2.45, 2.75) is 124 Å². The highest BCUT2D eigenvalue weighted by Gasteiger charge is 2.65. The molecule has 5 heteroatoms. The first-order valence-electron chi connectivity index (χ1n) is 9.54. The van der Waals surface area contributed by atoms with E-state index in [2.05, 4.69) is 6.92 Å². The van der Waals surface area contributed by atoms with Crippen LogP contribution in [0.1, 0.15) is 89.0 Å². The predicted molar refractivity (Wildman–Crippen MR) is 101 cm³/mol. The molecule has 0 aliphatic rings. The third kappa shape index (κ3) is 5.39. The van der Waals surface area contributed by atoms with Crippen LogP contribution in [0.3, 0.4) is 0 Å². The van der Waals surface area contributed by atoms with E-state index in [1.54, 1.807) is 13.8 Å². The maximum absolute atomic E-state index is 10.6. The Kier molecular flexibility index (Phi) is 8.59. The Labute approximate surface area is 155 Å². The predicted octanol–water partition coefficient (Wildman–Crippen LogP) is 4.24. The molecule has 0 spiro atoms. The summed E-state index contributed by atoms with van der Waals surface area (Å²) < 4.78 is 19.1. The molecule has 0 saturated carbocycles. The zero-order valence-electron chi connectivity index (χ0n) is 18.3. The monoisotopic (exact) mass is 362 g/mol. The second-order valence-corrected chi connectivity index (χ2v) is 8.68. The Balaban J connectivity index is 6.61. The van der Waals surface area contributed by atoms with E-state index in [0.29, 0.717) is 6.42 Å². The van der Waals surface area contributed by atoms with Gasteiger partial charge in [0.15, 0.2) is 11.6 Å². The zero-order chi connectivity index (χ0) is 20.3. The number of rotatable bonds is 11. The fraction of sp³-hybridized carbons (Fsp3) is 1.00. The minimum atomic E-state index is -1.99. The van der Waals surface area contributed by atoms with E-state index in [4.69, 9.17) is 14.2 Å². The minimum absolute atomic E-state index is 0.111. The van der Waals surface area contributed by atoms with Crippen LogP contribution in [-0.4, -0.2) is 45.7 Å². The van der Waals surface area contributed by atoms with Crippen LogP contribution in [0.5, 0.6) is 0 Å². The van der Waals surface area contributed by atoms with Crippen molar-refractivity contribution >= 4 is 0 Å². The van der Waals surface area contributed by atoms with Crippen LogP contribution >= 0.6 is 0 Å². The molecule has 2 N–H and O–H groups in total. The standard InChI is InChI=1S/C20H42O5/c1-12-13-20(24-15(4)5,25-16(6)7)18(10,23-14(2)3)17(8,9)19(11,21)22/h14-16,21-22H,12-13H2,1-11H3. The fourth-order valence-electron chi connectivity index (χ4n) is 3.34. The fourth-order valence-corrected chi connectivity index (χ4v) is 3.34. The van der Waals surface area contributed by atoms with Crippen molar-refractivity contribution in [3.63, 3.8) is 0 Å². The van der Waals surface area contributed by atoms with E-state index < -0.39 is 22.6 Å². The van der Waals surface area contributed by atoms with E-state index >= 15 is 0 Å². The Hall–Kier alpha value is -0.200. The zero-order valence-corrected chi connectivity index (χ0v) is 18.3. The van der Waals surface area contributed by atoms with Gasteiger partial charge in [-0.3, -0.25) is 0 Å². The Bertz CT molecular complexity index is 385. The van der Waals surface area contributed by atoms with Crippen LogP contribution in [0, 0.1) is 5.41 Å². The summed E-state index contributed by atoms with van der Waals surface area (Å²) in [5.74, 6) is -3.11. The molecule has 1 unspecified atom stereocenters. The van der Waals surface area contributed by atoms with Crippen LogP contribution < -0.4 is 0 Å². The van der Waals surface area contributed by atoms with Gasteiger partial charge < -0.3 is 24.4 Å². The molecule has 25 heavy (non-hydrogen) atoms. The van der Waals surface area contributed by atoms with Crippen LogP contribution in [0.25, 0.3) is 0 Å². The van der Waals surface area contributed by atoms with Gasteiger partial charge in [-0.15, -0.1) is 0 Å². The first-order chi connectivity index (χ1) is 11.1. The summed E-state index contributed by atoms with van der Waals surface area (Å²) in [5.41, 5.74) is -2.19. The molecule has 0 radical (unpaired) electrons. The molecule has 5 nitrogen and oxygen atoms in total. The van der Waals surface area contributed by atoms with E-state index in [1.807, 2.05) is 48.5 Å². The summed E-state index contributed by atoms with van der Waals surface area (Å²) in [7, 11) is 0. The average molecular weight is 363 g/mol. The lowest BCUT2D eigenvalue weighted by Crippen LogP contribution is -2.71. The van der Waals surface area contributed by atoms with Crippen LogP contribution in [-0.2, 0) is 14.2 Å². The normalized spacial score (nSPS) is 16.8. The molecular formula is C20H42O5. The maximum atomic E-state index is 10.6. The van der Waals surface area contributed by atoms with Gasteiger partial charge in [-0.05, 0) is 55.4 Å². The van der Waals surface area contributed by atoms with Crippen molar-refractivity contribution < 1.29 is 24.4 Å². The highest BCUT2D eigenvalue weighted by molar-refractivity contribution is 5.08. The second kappa shape index (κ2) is 8.66. The summed E-state index contributed by atoms with van der Waals surface area (Å²) in [5, 5.41) is 21.1. The van der Waals surface area contributed by atoms with Crippen molar-refractivity contribution in [1.82, 2.24) is 0 Å². The van der Waals surface area contributed by atoms with Gasteiger partial charge in [0.2, 0.25) is 0 Å². The lowest BCUT2D eigenvalue weighted by atomic mass is 9.64. The van der Waals surface area contributed by atoms with Gasteiger partial charge in [0.25, 0.3) is 0 Å². The lowest BCUT2D eigenvalue weighted by Gasteiger charge is -2.59. The molecule has 0 rings (SSSR count). The average Bonchev–Trinajstić information content (AvgIpc) is 2.34. The number of ether oxygens (including phenoxy) is 3. The molecule has 0 amide bonds. The quantitative estimate of drug-likeness (QED) is 0.538. The van der Waals surface area contributed by atoms with Gasteiger partial charge in [-0.1, -0.05) is 27.2 Å². The molecule has 0 aromatic heterocycles. The molecule has 0 saturated heterocycles. The SMILES string of the molecule is CCCC(OC(C)C)(OC(C)C)C(C)(OC(C)C)C(C)(C)C(C)(O)O. The molecule has 152 valence electrons. The summed E-state index contributed by atoms with van der Waals surface area (Å²) in [4.78, 5) is 0. The molecule has 0 aromatic carbocycles. The van der Waals surface area contributed by atoms with Gasteiger partial charge in [-0.2, -0.15) is 0 Å². The lowest BCUT2D eigenvalue weighted by molar-refractivity contribution is -0.408. The van der Waals surface area contributed by atoms with Crippen molar-refractivity contribution in [2.24, 2.45) is 5.41 Å². The highest BCUT2D eigenvalue weighted by Crippen LogP contribution is 2.52. The summed E-state index contributed by atoms with van der Waals surface area (Å²) in [6, 6.07) is 0. The highest BCUT2D eigenvalue weighted by atomic mass is 16.7. The largest absolute Gasteiger partial charge is 0.366 e. The van der Waals surface area contributed by atoms with E-state index in [1.165, 1.54) is 6.92 Å². The molecular weight excluding hydrogens is 320 g/mol. The molecule has 0 heterocycles. The first-order valence-corrected chi connectivity index (χ1v) is 9.54. The Morgan fingerprint density at radius 2 is 1.08 bits per heavy atom. The third-order valence-electron chi connectivity index (χ3n) is 5.01. The smallest absolute Gasteiger partial charge is 0.198 e. The minimum Gasteiger partial charge on any atom is -0.366 e. The molecule has 0 fully saturated rings. The van der Waals surface area contributed by atoms with Gasteiger partial charge in [0.1, 0.15) is 5.60 Å². The van der Waals surface area contributed by atoms with Crippen molar-refractivity contribution in [3.8, 4) is 0 Å². The Morgan fingerprint density at radius 1 is 0.720 bits per heavy atom.